The van der Waals surface area contributed by atoms with Gasteiger partial charge in [-0.25, -0.2) is 0 Å². The number of benzene rings is 2. The van der Waals surface area contributed by atoms with Gasteiger partial charge < -0.3 is 19.6 Å². The molecular formula is C19H23N3O4. The number of non-ortho nitro benzene ring substituents is 1. The lowest BCUT2D eigenvalue weighted by Gasteiger charge is -2.28. The van der Waals surface area contributed by atoms with Crippen molar-refractivity contribution < 1.29 is 14.8 Å². The Balaban J connectivity index is 1.63. The first kappa shape index (κ1) is 18.0. The Morgan fingerprint density at radius 3 is 2.73 bits per heavy atom. The molecule has 0 aromatic heterocycles. The molecule has 0 bridgehead atoms. The summed E-state index contributed by atoms with van der Waals surface area (Å²) in [5.41, 5.74) is 2.22. The first-order valence-electron chi connectivity index (χ1n) is 8.65. The van der Waals surface area contributed by atoms with Crippen LogP contribution in [-0.4, -0.2) is 49.4 Å². The van der Waals surface area contributed by atoms with Crippen LogP contribution in [0.3, 0.4) is 0 Å². The first-order chi connectivity index (χ1) is 12.5. The summed E-state index contributed by atoms with van der Waals surface area (Å²) in [6, 6.07) is 14.1. The van der Waals surface area contributed by atoms with Gasteiger partial charge in [-0.2, -0.15) is 0 Å². The molecule has 0 radical (unpaired) electrons. The van der Waals surface area contributed by atoms with Crippen LogP contribution in [0.25, 0.3) is 0 Å². The fourth-order valence-electron chi connectivity index (χ4n) is 3.17. The van der Waals surface area contributed by atoms with E-state index in [-0.39, 0.29) is 12.3 Å². The van der Waals surface area contributed by atoms with Crippen LogP contribution in [0, 0.1) is 10.1 Å². The van der Waals surface area contributed by atoms with E-state index in [1.807, 2.05) is 12.1 Å². The second-order valence-corrected chi connectivity index (χ2v) is 6.43. The van der Waals surface area contributed by atoms with Crippen LogP contribution in [-0.2, 0) is 0 Å². The molecule has 1 aliphatic heterocycles. The predicted molar refractivity (Wildman–Crippen MR) is 101 cm³/mol. The van der Waals surface area contributed by atoms with Crippen molar-refractivity contribution in [2.75, 3.05) is 43.1 Å². The smallest absolute Gasteiger partial charge is 0.273 e. The number of anilines is 2. The van der Waals surface area contributed by atoms with Crippen LogP contribution in [0.15, 0.2) is 48.5 Å². The monoisotopic (exact) mass is 357 g/mol. The molecule has 0 fully saturated rings. The zero-order valence-electron chi connectivity index (χ0n) is 14.7. The van der Waals surface area contributed by atoms with Gasteiger partial charge in [-0.15, -0.1) is 0 Å². The summed E-state index contributed by atoms with van der Waals surface area (Å²) in [6.45, 7) is 2.35. The minimum atomic E-state index is -0.703. The largest absolute Gasteiger partial charge is 0.491 e. The van der Waals surface area contributed by atoms with Gasteiger partial charge in [0.2, 0.25) is 0 Å². The average molecular weight is 357 g/mol. The molecule has 1 N–H and O–H groups in total. The fourth-order valence-corrected chi connectivity index (χ4v) is 3.17. The van der Waals surface area contributed by atoms with E-state index in [9.17, 15) is 15.2 Å². The summed E-state index contributed by atoms with van der Waals surface area (Å²) in [5.74, 6) is 0.384. The molecule has 138 valence electrons. The molecule has 0 saturated carbocycles. The third-order valence-corrected chi connectivity index (χ3v) is 4.46. The molecule has 1 aliphatic rings. The van der Waals surface area contributed by atoms with E-state index in [0.29, 0.717) is 12.3 Å². The number of rotatable bonds is 6. The van der Waals surface area contributed by atoms with Crippen molar-refractivity contribution in [2.45, 2.75) is 12.5 Å². The number of aliphatic hydroxyl groups excluding tert-OH is 1. The van der Waals surface area contributed by atoms with Gasteiger partial charge in [0.25, 0.3) is 5.69 Å². The molecule has 1 unspecified atom stereocenters. The summed E-state index contributed by atoms with van der Waals surface area (Å²) in [7, 11) is 2.07. The highest BCUT2D eigenvalue weighted by Gasteiger charge is 2.20. The summed E-state index contributed by atoms with van der Waals surface area (Å²) >= 11 is 0. The number of nitrogens with zero attached hydrogens (tertiary/aromatic N) is 3. The van der Waals surface area contributed by atoms with Crippen LogP contribution < -0.4 is 14.5 Å². The van der Waals surface area contributed by atoms with Crippen molar-refractivity contribution in [3.63, 3.8) is 0 Å². The molecule has 2 aromatic rings. The highest BCUT2D eigenvalue weighted by atomic mass is 16.6. The maximum Gasteiger partial charge on any atom is 0.273 e. The van der Waals surface area contributed by atoms with Gasteiger partial charge in [0.05, 0.1) is 22.4 Å². The molecular weight excluding hydrogens is 334 g/mol. The van der Waals surface area contributed by atoms with Crippen molar-refractivity contribution in [2.24, 2.45) is 0 Å². The Morgan fingerprint density at radius 1 is 1.19 bits per heavy atom. The quantitative estimate of drug-likeness (QED) is 0.632. The number of hydrogen-bond acceptors (Lipinski definition) is 6. The fraction of sp³-hybridized carbons (Fsp3) is 0.368. The third-order valence-electron chi connectivity index (χ3n) is 4.46. The Labute approximate surface area is 152 Å². The van der Waals surface area contributed by atoms with Crippen LogP contribution in [0.1, 0.15) is 6.42 Å². The number of nitro groups is 1. The lowest BCUT2D eigenvalue weighted by Crippen LogP contribution is -2.36. The number of para-hydroxylation sites is 2. The lowest BCUT2D eigenvalue weighted by atomic mass is 10.2. The number of aliphatic hydroxyl groups is 1. The lowest BCUT2D eigenvalue weighted by molar-refractivity contribution is -0.384. The van der Waals surface area contributed by atoms with E-state index >= 15 is 0 Å². The summed E-state index contributed by atoms with van der Waals surface area (Å²) < 4.78 is 5.55. The zero-order valence-corrected chi connectivity index (χ0v) is 14.7. The molecule has 0 saturated heterocycles. The van der Waals surface area contributed by atoms with E-state index in [1.54, 1.807) is 12.1 Å². The second-order valence-electron chi connectivity index (χ2n) is 6.43. The SMILES string of the molecule is CN1CCCN(CC(O)COc2cccc([N+](=O)[O-])c2)c2ccccc21. The van der Waals surface area contributed by atoms with Crippen molar-refractivity contribution >= 4 is 17.1 Å². The number of fused-ring (bicyclic) bond motifs is 1. The molecule has 1 atom stereocenters. The molecule has 0 aliphatic carbocycles. The summed E-state index contributed by atoms with van der Waals surface area (Å²) in [4.78, 5) is 14.7. The third kappa shape index (κ3) is 4.23. The standard InChI is InChI=1S/C19H23N3O4/c1-20-10-5-11-21(19-9-3-2-8-18(19)20)13-16(23)14-26-17-7-4-6-15(12-17)22(24)25/h2-4,6-9,12,16,23H,5,10-11,13-14H2,1H3. The Morgan fingerprint density at radius 2 is 1.96 bits per heavy atom. The molecule has 26 heavy (non-hydrogen) atoms. The van der Waals surface area contributed by atoms with Crippen LogP contribution in [0.4, 0.5) is 17.1 Å². The molecule has 0 amide bonds. The van der Waals surface area contributed by atoms with Crippen LogP contribution in [0.2, 0.25) is 0 Å². The number of nitro benzene ring substituents is 1. The maximum atomic E-state index is 10.8. The van der Waals surface area contributed by atoms with Crippen LogP contribution >= 0.6 is 0 Å². The van der Waals surface area contributed by atoms with Crippen molar-refractivity contribution in [3.8, 4) is 5.75 Å². The summed E-state index contributed by atoms with van der Waals surface area (Å²) in [5, 5.41) is 21.2. The minimum Gasteiger partial charge on any atom is -0.491 e. The first-order valence-corrected chi connectivity index (χ1v) is 8.65. The number of hydrogen-bond donors (Lipinski definition) is 1. The minimum absolute atomic E-state index is 0.0264. The van der Waals surface area contributed by atoms with Gasteiger partial charge in [0.1, 0.15) is 18.5 Å². The number of ether oxygens (including phenoxy) is 1. The van der Waals surface area contributed by atoms with Gasteiger partial charge >= 0.3 is 0 Å². The van der Waals surface area contributed by atoms with Gasteiger partial charge in [-0.05, 0) is 24.6 Å². The highest BCUT2D eigenvalue weighted by Crippen LogP contribution is 2.31. The molecule has 7 heteroatoms. The Bertz CT molecular complexity index is 768. The van der Waals surface area contributed by atoms with Crippen LogP contribution in [0.5, 0.6) is 5.75 Å². The molecule has 1 heterocycles. The van der Waals surface area contributed by atoms with Gasteiger partial charge in [-0.3, -0.25) is 10.1 Å². The molecule has 2 aromatic carbocycles. The second kappa shape index (κ2) is 8.05. The van der Waals surface area contributed by atoms with Gasteiger partial charge in [-0.1, -0.05) is 18.2 Å². The maximum absolute atomic E-state index is 10.8. The molecule has 0 spiro atoms. The predicted octanol–water partition coefficient (Wildman–Crippen LogP) is 2.68. The topological polar surface area (TPSA) is 79.1 Å². The van der Waals surface area contributed by atoms with E-state index in [2.05, 4.69) is 29.0 Å². The average Bonchev–Trinajstić information content (AvgIpc) is 2.80. The zero-order chi connectivity index (χ0) is 18.5. The van der Waals surface area contributed by atoms with Crippen molar-refractivity contribution in [1.29, 1.82) is 0 Å². The van der Waals surface area contributed by atoms with E-state index < -0.39 is 11.0 Å². The molecule has 7 nitrogen and oxygen atoms in total. The van der Waals surface area contributed by atoms with E-state index in [1.165, 1.54) is 12.1 Å². The van der Waals surface area contributed by atoms with E-state index in [0.717, 1.165) is 30.9 Å². The Kier molecular flexibility index (Phi) is 5.58. The summed E-state index contributed by atoms with van der Waals surface area (Å²) in [6.07, 6.45) is 0.301. The highest BCUT2D eigenvalue weighted by molar-refractivity contribution is 5.71. The Hall–Kier alpha value is -2.80. The molecule has 3 rings (SSSR count). The van der Waals surface area contributed by atoms with Gasteiger partial charge in [0.15, 0.2) is 0 Å². The normalized spacial score (nSPS) is 15.2. The van der Waals surface area contributed by atoms with E-state index in [4.69, 9.17) is 4.74 Å². The van der Waals surface area contributed by atoms with Crippen molar-refractivity contribution in [1.82, 2.24) is 0 Å². The van der Waals surface area contributed by atoms with Crippen molar-refractivity contribution in [3.05, 3.63) is 58.6 Å². The van der Waals surface area contributed by atoms with Gasteiger partial charge in [0, 0.05) is 32.7 Å². The number of β-amino-alcohol motifs (C(OH)–C–C–N with tert-alkyl or cyclic N) is 1.